The van der Waals surface area contributed by atoms with Crippen molar-refractivity contribution >= 4 is 11.0 Å². The number of ether oxygens (including phenoxy) is 2. The van der Waals surface area contributed by atoms with E-state index in [1.807, 2.05) is 25.4 Å². The Balaban J connectivity index is 1.39. The fourth-order valence-electron chi connectivity index (χ4n) is 2.85. The summed E-state index contributed by atoms with van der Waals surface area (Å²) >= 11 is 0. The molecule has 120 valence electrons. The Morgan fingerprint density at radius 2 is 2.30 bits per heavy atom. The summed E-state index contributed by atoms with van der Waals surface area (Å²) in [6.45, 7) is 2.01. The summed E-state index contributed by atoms with van der Waals surface area (Å²) in [7, 11) is 1.87. The van der Waals surface area contributed by atoms with Gasteiger partial charge in [0.1, 0.15) is 11.7 Å². The molecule has 4 rings (SSSR count). The molecule has 1 fully saturated rings. The standard InChI is InChI=1S/C17H19N3O3/c1-20-9-14(8-19-20)23-17-11-21-10-15(17)18-7-12-2-3-16-13(6-12)4-5-22-16/h2-6,8-9,15,17-18H,7,10-11H2,1H3/t15-,17+/m0/s1. The minimum Gasteiger partial charge on any atom is -0.483 e. The Morgan fingerprint density at radius 3 is 3.17 bits per heavy atom. The zero-order chi connectivity index (χ0) is 15.6. The number of hydrogen-bond acceptors (Lipinski definition) is 5. The first kappa shape index (κ1) is 14.3. The van der Waals surface area contributed by atoms with Crippen molar-refractivity contribution in [2.24, 2.45) is 7.05 Å². The molecule has 0 unspecified atom stereocenters. The Bertz CT molecular complexity index is 795. The molecule has 1 aromatic carbocycles. The van der Waals surface area contributed by atoms with Gasteiger partial charge in [-0.05, 0) is 23.8 Å². The van der Waals surface area contributed by atoms with Crippen LogP contribution in [0.5, 0.6) is 5.75 Å². The largest absolute Gasteiger partial charge is 0.483 e. The molecule has 1 aliphatic rings. The maximum Gasteiger partial charge on any atom is 0.157 e. The van der Waals surface area contributed by atoms with E-state index in [9.17, 15) is 0 Å². The molecule has 2 atom stereocenters. The first-order valence-electron chi connectivity index (χ1n) is 7.70. The number of furan rings is 1. The van der Waals surface area contributed by atoms with Crippen LogP contribution in [0.15, 0.2) is 47.3 Å². The fourth-order valence-corrected chi connectivity index (χ4v) is 2.85. The SMILES string of the molecule is Cn1cc(O[C@@H]2COC[C@@H]2NCc2ccc3occc3c2)cn1. The maximum absolute atomic E-state index is 5.97. The Kier molecular flexibility index (Phi) is 3.77. The monoisotopic (exact) mass is 313 g/mol. The number of fused-ring (bicyclic) bond motifs is 1. The number of nitrogens with one attached hydrogen (secondary N) is 1. The molecule has 0 saturated carbocycles. The highest BCUT2D eigenvalue weighted by Crippen LogP contribution is 2.19. The van der Waals surface area contributed by atoms with Crippen LogP contribution in [0.3, 0.4) is 0 Å². The highest BCUT2D eigenvalue weighted by atomic mass is 16.5. The summed E-state index contributed by atoms with van der Waals surface area (Å²) in [6, 6.07) is 8.35. The smallest absolute Gasteiger partial charge is 0.157 e. The summed E-state index contributed by atoms with van der Waals surface area (Å²) < 4.78 is 18.6. The molecule has 0 amide bonds. The van der Waals surface area contributed by atoms with Crippen LogP contribution < -0.4 is 10.1 Å². The average molecular weight is 313 g/mol. The van der Waals surface area contributed by atoms with Crippen molar-refractivity contribution in [2.45, 2.75) is 18.7 Å². The lowest BCUT2D eigenvalue weighted by Gasteiger charge is -2.19. The summed E-state index contributed by atoms with van der Waals surface area (Å²) in [5.41, 5.74) is 2.13. The van der Waals surface area contributed by atoms with Crippen molar-refractivity contribution in [1.29, 1.82) is 0 Å². The third-order valence-corrected chi connectivity index (χ3v) is 4.08. The van der Waals surface area contributed by atoms with Crippen molar-refractivity contribution in [1.82, 2.24) is 15.1 Å². The van der Waals surface area contributed by atoms with Gasteiger partial charge in [0.25, 0.3) is 0 Å². The van der Waals surface area contributed by atoms with Gasteiger partial charge in [0.05, 0.1) is 37.9 Å². The van der Waals surface area contributed by atoms with Gasteiger partial charge in [0, 0.05) is 19.0 Å². The maximum atomic E-state index is 5.97. The van der Waals surface area contributed by atoms with Gasteiger partial charge in [0.2, 0.25) is 0 Å². The molecule has 2 aromatic heterocycles. The van der Waals surface area contributed by atoms with E-state index < -0.39 is 0 Å². The van der Waals surface area contributed by atoms with Crippen molar-refractivity contribution in [2.75, 3.05) is 13.2 Å². The minimum absolute atomic E-state index is 0.00291. The van der Waals surface area contributed by atoms with Crippen molar-refractivity contribution in [3.05, 3.63) is 48.5 Å². The van der Waals surface area contributed by atoms with Gasteiger partial charge in [-0.1, -0.05) is 6.07 Å². The Hall–Kier alpha value is -2.31. The third kappa shape index (κ3) is 3.09. The lowest BCUT2D eigenvalue weighted by molar-refractivity contribution is 0.139. The molecule has 6 heteroatoms. The van der Waals surface area contributed by atoms with E-state index in [0.29, 0.717) is 13.2 Å². The summed E-state index contributed by atoms with van der Waals surface area (Å²) in [6.07, 6.45) is 5.30. The molecule has 3 heterocycles. The predicted molar refractivity (Wildman–Crippen MR) is 85.3 cm³/mol. The minimum atomic E-state index is -0.00291. The molecule has 0 aliphatic carbocycles. The van der Waals surface area contributed by atoms with E-state index in [1.165, 1.54) is 5.56 Å². The highest BCUT2D eigenvalue weighted by molar-refractivity contribution is 5.77. The molecule has 1 N–H and O–H groups in total. The molecule has 23 heavy (non-hydrogen) atoms. The zero-order valence-corrected chi connectivity index (χ0v) is 12.9. The number of rotatable bonds is 5. The second-order valence-corrected chi connectivity index (χ2v) is 5.82. The van der Waals surface area contributed by atoms with Gasteiger partial charge in [-0.25, -0.2) is 0 Å². The molecule has 0 bridgehead atoms. The van der Waals surface area contributed by atoms with Crippen LogP contribution in [0.25, 0.3) is 11.0 Å². The van der Waals surface area contributed by atoms with Gasteiger partial charge >= 0.3 is 0 Å². The van der Waals surface area contributed by atoms with Crippen LogP contribution in [0.4, 0.5) is 0 Å². The molecular weight excluding hydrogens is 294 g/mol. The number of hydrogen-bond donors (Lipinski definition) is 1. The van der Waals surface area contributed by atoms with Crippen molar-refractivity contribution < 1.29 is 13.9 Å². The normalized spacial score (nSPS) is 21.1. The van der Waals surface area contributed by atoms with Gasteiger partial charge in [-0.2, -0.15) is 5.10 Å². The third-order valence-electron chi connectivity index (χ3n) is 4.08. The highest BCUT2D eigenvalue weighted by Gasteiger charge is 2.30. The number of benzene rings is 1. The van der Waals surface area contributed by atoms with E-state index >= 15 is 0 Å². The predicted octanol–water partition coefficient (Wildman–Crippen LogP) is 2.10. The van der Waals surface area contributed by atoms with Crippen LogP contribution in [-0.4, -0.2) is 35.1 Å². The van der Waals surface area contributed by atoms with E-state index in [4.69, 9.17) is 13.9 Å². The molecule has 1 aliphatic heterocycles. The Morgan fingerprint density at radius 1 is 1.35 bits per heavy atom. The van der Waals surface area contributed by atoms with Crippen LogP contribution in [0.1, 0.15) is 5.56 Å². The van der Waals surface area contributed by atoms with E-state index in [1.54, 1.807) is 17.1 Å². The summed E-state index contributed by atoms with van der Waals surface area (Å²) in [4.78, 5) is 0. The van der Waals surface area contributed by atoms with E-state index in [0.717, 1.165) is 23.3 Å². The number of aryl methyl sites for hydroxylation is 1. The van der Waals surface area contributed by atoms with Crippen LogP contribution in [-0.2, 0) is 18.3 Å². The zero-order valence-electron chi connectivity index (χ0n) is 12.9. The van der Waals surface area contributed by atoms with Crippen LogP contribution in [0.2, 0.25) is 0 Å². The van der Waals surface area contributed by atoms with Gasteiger partial charge in [-0.3, -0.25) is 4.68 Å². The van der Waals surface area contributed by atoms with Gasteiger partial charge < -0.3 is 19.2 Å². The van der Waals surface area contributed by atoms with Crippen molar-refractivity contribution in [3.63, 3.8) is 0 Å². The molecule has 1 saturated heterocycles. The number of nitrogens with zero attached hydrogens (tertiary/aromatic N) is 2. The number of aromatic nitrogens is 2. The first-order chi connectivity index (χ1) is 11.3. The molecule has 6 nitrogen and oxygen atoms in total. The van der Waals surface area contributed by atoms with E-state index in [-0.39, 0.29) is 12.1 Å². The van der Waals surface area contributed by atoms with Crippen LogP contribution in [0, 0.1) is 0 Å². The Labute approximate surface area is 134 Å². The molecular formula is C17H19N3O3. The summed E-state index contributed by atoms with van der Waals surface area (Å²) in [5, 5.41) is 8.77. The topological polar surface area (TPSA) is 61.5 Å². The first-order valence-corrected chi connectivity index (χ1v) is 7.70. The molecule has 0 spiro atoms. The van der Waals surface area contributed by atoms with Crippen LogP contribution >= 0.6 is 0 Å². The second-order valence-electron chi connectivity index (χ2n) is 5.82. The average Bonchev–Trinajstić information content (AvgIpc) is 3.26. The molecule has 3 aromatic rings. The second kappa shape index (κ2) is 6.06. The van der Waals surface area contributed by atoms with Gasteiger partial charge in [0.15, 0.2) is 5.75 Å². The van der Waals surface area contributed by atoms with E-state index in [2.05, 4.69) is 22.5 Å². The lowest BCUT2D eigenvalue weighted by Crippen LogP contribution is -2.41. The molecule has 0 radical (unpaired) electrons. The quantitative estimate of drug-likeness (QED) is 0.781. The van der Waals surface area contributed by atoms with Gasteiger partial charge in [-0.15, -0.1) is 0 Å². The fraction of sp³-hybridized carbons (Fsp3) is 0.353. The summed E-state index contributed by atoms with van der Waals surface area (Å²) in [5.74, 6) is 0.773. The van der Waals surface area contributed by atoms with Crippen molar-refractivity contribution in [3.8, 4) is 5.75 Å². The lowest BCUT2D eigenvalue weighted by atomic mass is 10.1.